The molecule has 2 N–H and O–H groups in total. The van der Waals surface area contributed by atoms with E-state index in [-0.39, 0.29) is 23.7 Å². The SMILES string of the molecule is CC(C)CN(CC(=O)c1c(N)n(C)c(=O)n(C)c1=O)CC(C)C. The molecule has 0 aliphatic heterocycles. The minimum Gasteiger partial charge on any atom is -0.384 e. The Kier molecular flexibility index (Phi) is 6.32. The molecule has 0 amide bonds. The number of hydrogen-bond acceptors (Lipinski definition) is 5. The summed E-state index contributed by atoms with van der Waals surface area (Å²) >= 11 is 0. The zero-order chi connectivity index (χ0) is 17.9. The normalized spacial score (nSPS) is 11.7. The first kappa shape index (κ1) is 19.2. The molecule has 0 aliphatic rings. The van der Waals surface area contributed by atoms with Crippen molar-refractivity contribution in [2.45, 2.75) is 27.7 Å². The second-order valence-corrected chi connectivity index (χ2v) is 6.87. The van der Waals surface area contributed by atoms with E-state index in [1.165, 1.54) is 14.1 Å². The lowest BCUT2D eigenvalue weighted by molar-refractivity contribution is 0.0910. The third-order valence-corrected chi connectivity index (χ3v) is 3.60. The Balaban J connectivity index is 3.19. The topological polar surface area (TPSA) is 90.3 Å². The summed E-state index contributed by atoms with van der Waals surface area (Å²) in [7, 11) is 2.80. The lowest BCUT2D eigenvalue weighted by Crippen LogP contribution is -2.44. The summed E-state index contributed by atoms with van der Waals surface area (Å²) in [6.07, 6.45) is 0. The highest BCUT2D eigenvalue weighted by Crippen LogP contribution is 2.09. The van der Waals surface area contributed by atoms with Gasteiger partial charge in [0.25, 0.3) is 5.56 Å². The van der Waals surface area contributed by atoms with Gasteiger partial charge in [-0.2, -0.15) is 0 Å². The summed E-state index contributed by atoms with van der Waals surface area (Å²) < 4.78 is 2.04. The van der Waals surface area contributed by atoms with Gasteiger partial charge in [0.05, 0.1) is 6.54 Å². The maximum Gasteiger partial charge on any atom is 0.332 e. The fraction of sp³-hybridized carbons (Fsp3) is 0.688. The van der Waals surface area contributed by atoms with Crippen molar-refractivity contribution in [3.63, 3.8) is 0 Å². The van der Waals surface area contributed by atoms with Gasteiger partial charge in [-0.25, -0.2) is 4.79 Å². The molecule has 0 radical (unpaired) electrons. The Morgan fingerprint density at radius 2 is 1.52 bits per heavy atom. The number of nitrogen functional groups attached to an aromatic ring is 1. The molecular weight excluding hydrogens is 296 g/mol. The molecule has 23 heavy (non-hydrogen) atoms. The molecule has 0 atom stereocenters. The number of hydrogen-bond donors (Lipinski definition) is 1. The number of carbonyl (C=O) groups excluding carboxylic acids is 1. The molecule has 0 aromatic carbocycles. The molecule has 1 heterocycles. The summed E-state index contributed by atoms with van der Waals surface area (Å²) in [5.41, 5.74) is 4.57. The van der Waals surface area contributed by atoms with Gasteiger partial charge in [0.1, 0.15) is 11.4 Å². The van der Waals surface area contributed by atoms with Crippen LogP contribution in [0.25, 0.3) is 0 Å². The Hall–Kier alpha value is -1.89. The maximum absolute atomic E-state index is 12.6. The third kappa shape index (κ3) is 4.54. The third-order valence-electron chi connectivity index (χ3n) is 3.60. The highest BCUT2D eigenvalue weighted by Gasteiger charge is 2.22. The molecule has 7 nitrogen and oxygen atoms in total. The quantitative estimate of drug-likeness (QED) is 0.736. The molecule has 1 rings (SSSR count). The van der Waals surface area contributed by atoms with E-state index in [4.69, 9.17) is 5.73 Å². The first-order valence-corrected chi connectivity index (χ1v) is 7.87. The van der Waals surface area contributed by atoms with Crippen LogP contribution >= 0.6 is 0 Å². The Bertz CT molecular complexity index is 676. The van der Waals surface area contributed by atoms with Crippen LogP contribution in [0.3, 0.4) is 0 Å². The van der Waals surface area contributed by atoms with Crippen LogP contribution in [-0.4, -0.2) is 39.5 Å². The second-order valence-electron chi connectivity index (χ2n) is 6.87. The number of nitrogens with two attached hydrogens (primary N) is 1. The van der Waals surface area contributed by atoms with Crippen molar-refractivity contribution >= 4 is 11.6 Å². The molecule has 0 fully saturated rings. The van der Waals surface area contributed by atoms with Crippen molar-refractivity contribution in [3.05, 3.63) is 26.4 Å². The van der Waals surface area contributed by atoms with E-state index in [9.17, 15) is 14.4 Å². The minimum absolute atomic E-state index is 0.0721. The van der Waals surface area contributed by atoms with Gasteiger partial charge in [-0.1, -0.05) is 27.7 Å². The average Bonchev–Trinajstić information content (AvgIpc) is 2.41. The van der Waals surface area contributed by atoms with Crippen molar-refractivity contribution in [2.24, 2.45) is 25.9 Å². The van der Waals surface area contributed by atoms with Crippen LogP contribution in [0, 0.1) is 11.8 Å². The largest absolute Gasteiger partial charge is 0.384 e. The first-order chi connectivity index (χ1) is 10.6. The van der Waals surface area contributed by atoms with Crippen LogP contribution in [0.4, 0.5) is 5.82 Å². The standard InChI is InChI=1S/C16H28N4O3/c1-10(2)7-20(8-11(3)4)9-12(21)13-14(17)18(5)16(23)19(6)15(13)22/h10-11H,7-9,17H2,1-6H3. The number of ketones is 1. The lowest BCUT2D eigenvalue weighted by atomic mass is 10.1. The molecule has 0 spiro atoms. The Morgan fingerprint density at radius 1 is 1.04 bits per heavy atom. The number of nitrogens with zero attached hydrogens (tertiary/aromatic N) is 3. The van der Waals surface area contributed by atoms with E-state index in [0.29, 0.717) is 11.8 Å². The number of rotatable bonds is 7. The van der Waals surface area contributed by atoms with Gasteiger partial charge in [0, 0.05) is 27.2 Å². The van der Waals surface area contributed by atoms with E-state index in [2.05, 4.69) is 27.7 Å². The molecule has 7 heteroatoms. The van der Waals surface area contributed by atoms with Gasteiger partial charge in [0.15, 0.2) is 5.78 Å². The van der Waals surface area contributed by atoms with E-state index in [0.717, 1.165) is 22.2 Å². The van der Waals surface area contributed by atoms with Gasteiger partial charge in [0.2, 0.25) is 0 Å². The average molecular weight is 324 g/mol. The summed E-state index contributed by atoms with van der Waals surface area (Å²) in [6.45, 7) is 9.96. The van der Waals surface area contributed by atoms with Crippen molar-refractivity contribution in [2.75, 3.05) is 25.4 Å². The zero-order valence-electron chi connectivity index (χ0n) is 14.9. The summed E-state index contributed by atoms with van der Waals surface area (Å²) in [6, 6.07) is 0. The van der Waals surface area contributed by atoms with Crippen LogP contribution in [0.1, 0.15) is 38.1 Å². The highest BCUT2D eigenvalue weighted by atomic mass is 16.2. The van der Waals surface area contributed by atoms with Gasteiger partial charge < -0.3 is 5.73 Å². The fourth-order valence-corrected chi connectivity index (χ4v) is 2.64. The fourth-order valence-electron chi connectivity index (χ4n) is 2.64. The van der Waals surface area contributed by atoms with Crippen LogP contribution in [0.5, 0.6) is 0 Å². The molecule has 0 bridgehead atoms. The number of aromatic nitrogens is 2. The van der Waals surface area contributed by atoms with Crippen LogP contribution in [-0.2, 0) is 14.1 Å². The molecule has 0 saturated heterocycles. The minimum atomic E-state index is -0.635. The van der Waals surface area contributed by atoms with Crippen LogP contribution in [0.2, 0.25) is 0 Å². The summed E-state index contributed by atoms with van der Waals surface area (Å²) in [4.78, 5) is 38.7. The van der Waals surface area contributed by atoms with Gasteiger partial charge in [-0.15, -0.1) is 0 Å². The van der Waals surface area contributed by atoms with E-state index in [1.807, 2.05) is 4.90 Å². The zero-order valence-corrected chi connectivity index (χ0v) is 14.9. The van der Waals surface area contributed by atoms with E-state index < -0.39 is 11.2 Å². The number of anilines is 1. The molecular formula is C16H28N4O3. The maximum atomic E-state index is 12.6. The van der Waals surface area contributed by atoms with E-state index in [1.54, 1.807) is 0 Å². The van der Waals surface area contributed by atoms with Crippen LogP contribution < -0.4 is 17.0 Å². The summed E-state index contributed by atoms with van der Waals surface area (Å²) in [5, 5.41) is 0. The van der Waals surface area contributed by atoms with E-state index >= 15 is 0 Å². The molecule has 1 aromatic heterocycles. The number of carbonyl (C=O) groups is 1. The second kappa shape index (κ2) is 7.59. The predicted molar refractivity (Wildman–Crippen MR) is 91.8 cm³/mol. The highest BCUT2D eigenvalue weighted by molar-refractivity contribution is 6.01. The molecule has 1 aromatic rings. The molecule has 0 unspecified atom stereocenters. The Labute approximate surface area is 136 Å². The monoisotopic (exact) mass is 324 g/mol. The van der Waals surface area contributed by atoms with Gasteiger partial charge in [-0.05, 0) is 11.8 Å². The molecule has 0 aliphatic carbocycles. The van der Waals surface area contributed by atoms with Gasteiger partial charge in [-0.3, -0.25) is 23.6 Å². The van der Waals surface area contributed by atoms with Crippen molar-refractivity contribution in [1.82, 2.24) is 14.0 Å². The predicted octanol–water partition coefficient (Wildman–Crippen LogP) is 0.463. The van der Waals surface area contributed by atoms with Gasteiger partial charge >= 0.3 is 5.69 Å². The van der Waals surface area contributed by atoms with Crippen molar-refractivity contribution in [1.29, 1.82) is 0 Å². The van der Waals surface area contributed by atoms with Crippen molar-refractivity contribution < 1.29 is 4.79 Å². The van der Waals surface area contributed by atoms with Crippen LogP contribution in [0.15, 0.2) is 9.59 Å². The smallest absolute Gasteiger partial charge is 0.332 e. The number of Topliss-reactive ketones (excluding diaryl/α,β-unsaturated/α-hetero) is 1. The summed E-state index contributed by atoms with van der Waals surface area (Å²) in [5.74, 6) is 0.390. The molecule has 130 valence electrons. The van der Waals surface area contributed by atoms with Crippen molar-refractivity contribution in [3.8, 4) is 0 Å². The Morgan fingerprint density at radius 3 is 1.96 bits per heavy atom. The molecule has 0 saturated carbocycles. The lowest BCUT2D eigenvalue weighted by Gasteiger charge is -2.25. The first-order valence-electron chi connectivity index (χ1n) is 7.87.